The van der Waals surface area contributed by atoms with Crippen LogP contribution in [-0.4, -0.2) is 9.13 Å². The van der Waals surface area contributed by atoms with Crippen molar-refractivity contribution < 1.29 is 0 Å². The van der Waals surface area contributed by atoms with E-state index < -0.39 is 0 Å². The number of fused-ring (bicyclic) bond motifs is 9. The molecule has 0 atom stereocenters. The monoisotopic (exact) mass is 783 g/mol. The fourth-order valence-corrected chi connectivity index (χ4v) is 13.7. The minimum absolute atomic E-state index is 0.0917. The van der Waals surface area contributed by atoms with Gasteiger partial charge in [-0.3, -0.25) is 0 Å². The Kier molecular flexibility index (Phi) is 7.01. The molecule has 5 aliphatic rings. The van der Waals surface area contributed by atoms with Gasteiger partial charge >= 0.3 is 0 Å². The summed E-state index contributed by atoms with van der Waals surface area (Å²) in [6.45, 7) is 0. The highest BCUT2D eigenvalue weighted by molar-refractivity contribution is 6.11. The second-order valence-corrected chi connectivity index (χ2v) is 18.5. The van der Waals surface area contributed by atoms with E-state index >= 15 is 0 Å². The van der Waals surface area contributed by atoms with E-state index in [1.165, 1.54) is 110 Å². The molecule has 61 heavy (non-hydrogen) atoms. The van der Waals surface area contributed by atoms with Gasteiger partial charge in [0.2, 0.25) is 0 Å². The van der Waals surface area contributed by atoms with E-state index in [1.54, 1.807) is 11.1 Å². The van der Waals surface area contributed by atoms with Gasteiger partial charge in [0.05, 0.1) is 27.8 Å². The van der Waals surface area contributed by atoms with Crippen molar-refractivity contribution in [1.29, 1.82) is 0 Å². The topological polar surface area (TPSA) is 13.1 Å². The van der Waals surface area contributed by atoms with Crippen molar-refractivity contribution in [2.45, 2.75) is 37.5 Å². The summed E-state index contributed by atoms with van der Waals surface area (Å²) in [5.41, 5.74) is 17.0. The van der Waals surface area contributed by atoms with Crippen LogP contribution in [0, 0.1) is 23.7 Å². The molecule has 4 saturated carbocycles. The number of aromatic nitrogens is 2. The largest absolute Gasteiger partial charge is 0.310 e. The number of nitrogens with zero attached hydrogens (tertiary/aromatic N) is 3. The number of benzene rings is 8. The van der Waals surface area contributed by atoms with Gasteiger partial charge in [-0.2, -0.15) is 0 Å². The van der Waals surface area contributed by atoms with Gasteiger partial charge in [0.1, 0.15) is 0 Å². The Bertz CT molecular complexity index is 3300. The maximum absolute atomic E-state index is 2.58. The van der Waals surface area contributed by atoms with Gasteiger partial charge in [0, 0.05) is 55.3 Å². The van der Waals surface area contributed by atoms with Crippen LogP contribution in [0.4, 0.5) is 17.1 Å². The van der Waals surface area contributed by atoms with E-state index in [0.717, 1.165) is 17.5 Å². The summed E-state index contributed by atoms with van der Waals surface area (Å²) >= 11 is 0. The molecule has 0 saturated heterocycles. The average Bonchev–Trinajstić information content (AvgIpc) is 3.93. The van der Waals surface area contributed by atoms with Gasteiger partial charge in [-0.25, -0.2) is 0 Å². The first-order valence-corrected chi connectivity index (χ1v) is 22.4. The van der Waals surface area contributed by atoms with Gasteiger partial charge in [-0.05, 0) is 151 Å². The third-order valence-electron chi connectivity index (χ3n) is 15.7. The van der Waals surface area contributed by atoms with Crippen LogP contribution in [0.2, 0.25) is 0 Å². The van der Waals surface area contributed by atoms with Crippen molar-refractivity contribution in [3.63, 3.8) is 0 Å². The number of hydrogen-bond donors (Lipinski definition) is 0. The quantitative estimate of drug-likeness (QED) is 0.169. The molecular formula is C58H45N3. The molecule has 4 fully saturated rings. The summed E-state index contributed by atoms with van der Waals surface area (Å²) in [4.78, 5) is 2.58. The number of anilines is 3. The predicted octanol–water partition coefficient (Wildman–Crippen LogP) is 15.1. The molecule has 0 aliphatic heterocycles. The van der Waals surface area contributed by atoms with E-state index in [1.807, 2.05) is 0 Å². The van der Waals surface area contributed by atoms with Crippen LogP contribution < -0.4 is 4.90 Å². The Hall–Kier alpha value is -6.84. The summed E-state index contributed by atoms with van der Waals surface area (Å²) in [7, 11) is 0. The zero-order valence-electron chi connectivity index (χ0n) is 34.1. The van der Waals surface area contributed by atoms with E-state index in [0.29, 0.717) is 11.8 Å². The van der Waals surface area contributed by atoms with Crippen molar-refractivity contribution in [3.8, 4) is 22.5 Å². The van der Waals surface area contributed by atoms with Crippen molar-refractivity contribution >= 4 is 60.7 Å². The fraction of sp³-hybridized carbons (Fsp3) is 0.172. The lowest BCUT2D eigenvalue weighted by molar-refractivity contribution is -0.0399. The summed E-state index contributed by atoms with van der Waals surface area (Å²) in [5, 5.41) is 5.09. The smallest absolute Gasteiger partial charge is 0.0543 e. The van der Waals surface area contributed by atoms with Gasteiger partial charge in [-0.15, -0.1) is 0 Å². The molecule has 15 rings (SSSR count). The van der Waals surface area contributed by atoms with Crippen LogP contribution in [-0.2, 0) is 5.41 Å². The zero-order valence-corrected chi connectivity index (χ0v) is 34.1. The molecule has 0 radical (unpaired) electrons. The Balaban J connectivity index is 1.01. The van der Waals surface area contributed by atoms with E-state index in [9.17, 15) is 0 Å². The molecule has 2 aromatic heterocycles. The van der Waals surface area contributed by atoms with Crippen LogP contribution in [0.5, 0.6) is 0 Å². The van der Waals surface area contributed by atoms with Crippen LogP contribution in [0.15, 0.2) is 188 Å². The first kappa shape index (κ1) is 33.9. The molecule has 5 aliphatic carbocycles. The lowest BCUT2D eigenvalue weighted by Crippen LogP contribution is -2.55. The summed E-state index contributed by atoms with van der Waals surface area (Å²) in [6.07, 6.45) is 6.96. The van der Waals surface area contributed by atoms with Crippen molar-refractivity contribution in [3.05, 3.63) is 199 Å². The highest BCUT2D eigenvalue weighted by Crippen LogP contribution is 2.70. The third-order valence-corrected chi connectivity index (χ3v) is 15.7. The average molecular weight is 784 g/mol. The first-order valence-electron chi connectivity index (χ1n) is 22.4. The normalized spacial score (nSPS) is 22.2. The molecule has 0 amide bonds. The van der Waals surface area contributed by atoms with Gasteiger partial charge in [-0.1, -0.05) is 109 Å². The standard InChI is InChI=1S/C58H45N3/c1-2-13-41(14-3-1)60-54-23-11-7-17-47(54)49-36-44(29-30-55(49)60)59(42-25-27-43(28-26-42)61-52-21-9-5-15-45(52)46-16-6-10-22-53(46)61)56-24-12-20-51-57(56)48-18-4-8-19-50(48)58(51)39-32-37-31-38(34-39)35-40(58)33-37/h1-30,36-40H,31-35H2. The fourth-order valence-electron chi connectivity index (χ4n) is 13.7. The van der Waals surface area contributed by atoms with Crippen LogP contribution in [0.25, 0.3) is 66.1 Å². The van der Waals surface area contributed by atoms with E-state index in [4.69, 9.17) is 0 Å². The minimum atomic E-state index is 0.0917. The second kappa shape index (κ2) is 12.6. The maximum Gasteiger partial charge on any atom is 0.0543 e. The summed E-state index contributed by atoms with van der Waals surface area (Å²) in [6, 6.07) is 70.7. The Morgan fingerprint density at radius 1 is 0.393 bits per heavy atom. The molecular weight excluding hydrogens is 739 g/mol. The van der Waals surface area contributed by atoms with Gasteiger partial charge in [0.15, 0.2) is 0 Å². The maximum atomic E-state index is 2.58. The van der Waals surface area contributed by atoms with Gasteiger partial charge < -0.3 is 14.0 Å². The van der Waals surface area contributed by atoms with Gasteiger partial charge in [0.25, 0.3) is 0 Å². The number of hydrogen-bond acceptors (Lipinski definition) is 1. The minimum Gasteiger partial charge on any atom is -0.310 e. The molecule has 292 valence electrons. The summed E-state index contributed by atoms with van der Waals surface area (Å²) in [5.74, 6) is 3.23. The highest BCUT2D eigenvalue weighted by atomic mass is 15.1. The lowest BCUT2D eigenvalue weighted by atomic mass is 9.43. The van der Waals surface area contributed by atoms with Crippen molar-refractivity contribution in [2.24, 2.45) is 23.7 Å². The number of rotatable bonds is 5. The molecule has 1 spiro atoms. The lowest BCUT2D eigenvalue weighted by Gasteiger charge is -2.61. The van der Waals surface area contributed by atoms with Crippen LogP contribution in [0.1, 0.15) is 43.2 Å². The van der Waals surface area contributed by atoms with Crippen LogP contribution >= 0.6 is 0 Å². The molecule has 2 heterocycles. The SMILES string of the molecule is c1ccc(-n2c3ccccc3c3cc(N(c4ccc(-n5c6ccccc6c6ccccc65)cc4)c4cccc5c4-c4ccccc4C54C5CC6CC(C5)CC4C6)ccc32)cc1. The highest BCUT2D eigenvalue weighted by Gasteiger charge is 2.61. The predicted molar refractivity (Wildman–Crippen MR) is 253 cm³/mol. The van der Waals surface area contributed by atoms with Crippen LogP contribution in [0.3, 0.4) is 0 Å². The Morgan fingerprint density at radius 3 is 1.56 bits per heavy atom. The first-order chi connectivity index (χ1) is 30.2. The Labute approximate surface area is 356 Å². The molecule has 10 aromatic rings. The third kappa shape index (κ3) is 4.59. The number of para-hydroxylation sites is 4. The molecule has 4 bridgehead atoms. The Morgan fingerprint density at radius 2 is 0.902 bits per heavy atom. The molecule has 0 N–H and O–H groups in total. The van der Waals surface area contributed by atoms with Crippen molar-refractivity contribution in [2.75, 3.05) is 4.90 Å². The molecule has 3 heteroatoms. The second-order valence-electron chi connectivity index (χ2n) is 18.5. The van der Waals surface area contributed by atoms with E-state index in [-0.39, 0.29) is 5.41 Å². The molecule has 0 unspecified atom stereocenters. The summed E-state index contributed by atoms with van der Waals surface area (Å²) < 4.78 is 4.85. The van der Waals surface area contributed by atoms with Crippen molar-refractivity contribution in [1.82, 2.24) is 9.13 Å². The molecule has 8 aromatic carbocycles. The molecule has 3 nitrogen and oxygen atoms in total. The zero-order chi connectivity index (χ0) is 39.8. The van der Waals surface area contributed by atoms with E-state index in [2.05, 4.69) is 202 Å².